The van der Waals surface area contributed by atoms with E-state index in [4.69, 9.17) is 23.2 Å². The number of carbonyl (C=O) groups excluding carboxylic acids is 2. The first-order chi connectivity index (χ1) is 17.2. The first kappa shape index (κ1) is 25.5. The Bertz CT molecular complexity index is 1310. The van der Waals surface area contributed by atoms with Crippen molar-refractivity contribution in [2.24, 2.45) is 7.05 Å². The molecular weight excluding hydrogens is 503 g/mol. The summed E-state index contributed by atoms with van der Waals surface area (Å²) in [6.45, 7) is 1.07. The van der Waals surface area contributed by atoms with Crippen LogP contribution in [0.1, 0.15) is 38.5 Å². The average Bonchev–Trinajstić information content (AvgIpc) is 3.29. The van der Waals surface area contributed by atoms with Crippen molar-refractivity contribution in [2.75, 3.05) is 13.1 Å². The van der Waals surface area contributed by atoms with Crippen LogP contribution in [0.4, 0.5) is 0 Å². The summed E-state index contributed by atoms with van der Waals surface area (Å²) in [4.78, 5) is 43.0. The SMILES string of the molecule is Cn1ccnc1C(=O)N1CC=C(c2ccc(C[C@H](NC(=O)c3c(Cl)cccc3Cl)C(=O)O)cc2)CC1. The van der Waals surface area contributed by atoms with E-state index >= 15 is 0 Å². The lowest BCUT2D eigenvalue weighted by atomic mass is 9.96. The van der Waals surface area contributed by atoms with Crippen molar-refractivity contribution < 1.29 is 19.5 Å². The van der Waals surface area contributed by atoms with E-state index in [-0.39, 0.29) is 27.9 Å². The number of carboxylic acid groups (broad SMARTS) is 1. The maximum atomic E-state index is 12.7. The number of benzene rings is 2. The minimum absolute atomic E-state index is 0.0436. The maximum absolute atomic E-state index is 12.7. The fraction of sp³-hybridized carbons (Fsp3) is 0.231. The van der Waals surface area contributed by atoms with Crippen molar-refractivity contribution in [1.29, 1.82) is 0 Å². The molecule has 1 aliphatic heterocycles. The minimum atomic E-state index is -1.16. The summed E-state index contributed by atoms with van der Waals surface area (Å²) in [5.41, 5.74) is 2.91. The zero-order valence-electron chi connectivity index (χ0n) is 19.4. The smallest absolute Gasteiger partial charge is 0.326 e. The molecule has 4 rings (SSSR count). The second-order valence-corrected chi connectivity index (χ2v) is 9.27. The highest BCUT2D eigenvalue weighted by atomic mass is 35.5. The molecule has 10 heteroatoms. The van der Waals surface area contributed by atoms with Crippen LogP contribution in [0.5, 0.6) is 0 Å². The zero-order chi connectivity index (χ0) is 25.8. The Morgan fingerprint density at radius 1 is 1.11 bits per heavy atom. The first-order valence-electron chi connectivity index (χ1n) is 11.3. The standard InChI is InChI=1S/C26H24Cl2N4O4/c1-31-14-11-29-23(31)25(34)32-12-9-18(10-13-32)17-7-5-16(6-8-17)15-21(26(35)36)30-24(33)22-19(27)3-2-4-20(22)28/h2-9,11,14,21H,10,12-13,15H2,1H3,(H,30,33)(H,35,36)/t21-/m0/s1. The van der Waals surface area contributed by atoms with Crippen molar-refractivity contribution in [1.82, 2.24) is 19.8 Å². The number of carboxylic acids is 1. The van der Waals surface area contributed by atoms with Crippen LogP contribution in [-0.2, 0) is 18.3 Å². The maximum Gasteiger partial charge on any atom is 0.326 e. The summed E-state index contributed by atoms with van der Waals surface area (Å²) < 4.78 is 1.70. The van der Waals surface area contributed by atoms with Gasteiger partial charge >= 0.3 is 5.97 Å². The van der Waals surface area contributed by atoms with Crippen molar-refractivity contribution in [3.63, 3.8) is 0 Å². The van der Waals surface area contributed by atoms with Crippen LogP contribution < -0.4 is 5.32 Å². The molecule has 0 saturated heterocycles. The molecule has 36 heavy (non-hydrogen) atoms. The van der Waals surface area contributed by atoms with E-state index < -0.39 is 17.9 Å². The molecule has 2 aromatic carbocycles. The van der Waals surface area contributed by atoms with Crippen LogP contribution >= 0.6 is 23.2 Å². The second kappa shape index (κ2) is 11.0. The zero-order valence-corrected chi connectivity index (χ0v) is 21.0. The number of hydrogen-bond acceptors (Lipinski definition) is 4. The molecule has 2 N–H and O–H groups in total. The van der Waals surface area contributed by atoms with E-state index in [0.717, 1.165) is 16.7 Å². The molecule has 186 valence electrons. The van der Waals surface area contributed by atoms with Crippen LogP contribution in [0, 0.1) is 0 Å². The number of aromatic nitrogens is 2. The fourth-order valence-corrected chi connectivity index (χ4v) is 4.63. The third-order valence-corrected chi connectivity index (χ3v) is 6.70. The summed E-state index contributed by atoms with van der Waals surface area (Å²) >= 11 is 12.1. The summed E-state index contributed by atoms with van der Waals surface area (Å²) in [6, 6.07) is 11.0. The summed E-state index contributed by atoms with van der Waals surface area (Å²) in [6.07, 6.45) is 6.15. The van der Waals surface area contributed by atoms with Crippen LogP contribution in [-0.4, -0.2) is 56.5 Å². The molecule has 3 aromatic rings. The van der Waals surface area contributed by atoms with Gasteiger partial charge in [-0.15, -0.1) is 0 Å². The number of hydrogen-bond donors (Lipinski definition) is 2. The predicted octanol–water partition coefficient (Wildman–Crippen LogP) is 4.08. The van der Waals surface area contributed by atoms with Crippen molar-refractivity contribution in [2.45, 2.75) is 18.9 Å². The van der Waals surface area contributed by atoms with Crippen molar-refractivity contribution in [3.8, 4) is 0 Å². The number of halogens is 2. The van der Waals surface area contributed by atoms with Gasteiger partial charge in [0.05, 0.1) is 15.6 Å². The molecule has 0 saturated carbocycles. The number of nitrogens with one attached hydrogen (secondary N) is 1. The Morgan fingerprint density at radius 3 is 2.36 bits per heavy atom. The van der Waals surface area contributed by atoms with E-state index in [9.17, 15) is 19.5 Å². The summed E-state index contributed by atoms with van der Waals surface area (Å²) in [5.74, 6) is -1.50. The average molecular weight is 527 g/mol. The van der Waals surface area contributed by atoms with Gasteiger partial charge in [-0.3, -0.25) is 9.59 Å². The van der Waals surface area contributed by atoms with Gasteiger partial charge in [-0.2, -0.15) is 0 Å². The topological polar surface area (TPSA) is 105 Å². The molecule has 0 unspecified atom stereocenters. The number of imidazole rings is 1. The van der Waals surface area contributed by atoms with Crippen LogP contribution in [0.15, 0.2) is 60.9 Å². The normalized spacial score (nSPS) is 14.2. The largest absolute Gasteiger partial charge is 0.480 e. The number of nitrogens with zero attached hydrogens (tertiary/aromatic N) is 3. The van der Waals surface area contributed by atoms with E-state index in [1.54, 1.807) is 35.0 Å². The monoisotopic (exact) mass is 526 g/mol. The molecule has 0 aliphatic carbocycles. The first-order valence-corrected chi connectivity index (χ1v) is 12.0. The quantitative estimate of drug-likeness (QED) is 0.482. The van der Waals surface area contributed by atoms with Gasteiger partial charge in [0, 0.05) is 39.0 Å². The number of rotatable bonds is 7. The van der Waals surface area contributed by atoms with Gasteiger partial charge in [0.1, 0.15) is 6.04 Å². The predicted molar refractivity (Wildman–Crippen MR) is 137 cm³/mol. The van der Waals surface area contributed by atoms with Gasteiger partial charge in [-0.25, -0.2) is 9.78 Å². The second-order valence-electron chi connectivity index (χ2n) is 8.45. The Labute approximate surface area is 218 Å². The number of carbonyl (C=O) groups is 3. The third kappa shape index (κ3) is 5.61. The van der Waals surface area contributed by atoms with E-state index in [1.165, 1.54) is 12.1 Å². The fourth-order valence-electron chi connectivity index (χ4n) is 4.06. The molecule has 1 atom stereocenters. The summed E-state index contributed by atoms with van der Waals surface area (Å²) in [5, 5.41) is 12.5. The highest BCUT2D eigenvalue weighted by Crippen LogP contribution is 2.25. The number of aryl methyl sites for hydroxylation is 1. The minimum Gasteiger partial charge on any atom is -0.480 e. The van der Waals surface area contributed by atoms with Gasteiger partial charge in [-0.05, 0) is 35.3 Å². The molecule has 2 heterocycles. The van der Waals surface area contributed by atoms with Gasteiger partial charge in [0.25, 0.3) is 11.8 Å². The molecular formula is C26H24Cl2N4O4. The van der Waals surface area contributed by atoms with E-state index in [1.807, 2.05) is 30.3 Å². The Kier molecular flexibility index (Phi) is 7.76. The third-order valence-electron chi connectivity index (χ3n) is 6.07. The van der Waals surface area contributed by atoms with E-state index in [2.05, 4.69) is 10.3 Å². The molecule has 1 aromatic heterocycles. The molecule has 0 radical (unpaired) electrons. The molecule has 1 aliphatic rings. The van der Waals surface area contributed by atoms with Gasteiger partial charge in [0.2, 0.25) is 0 Å². The van der Waals surface area contributed by atoms with Crippen LogP contribution in [0.3, 0.4) is 0 Å². The van der Waals surface area contributed by atoms with Gasteiger partial charge < -0.3 is 19.9 Å². The Balaban J connectivity index is 1.40. The Hall–Kier alpha value is -3.62. The van der Waals surface area contributed by atoms with Crippen molar-refractivity contribution >= 4 is 46.6 Å². The highest BCUT2D eigenvalue weighted by Gasteiger charge is 2.25. The van der Waals surface area contributed by atoms with Crippen LogP contribution in [0.2, 0.25) is 10.0 Å². The molecule has 0 bridgehead atoms. The lowest BCUT2D eigenvalue weighted by Crippen LogP contribution is -2.42. The molecule has 0 fully saturated rings. The number of aliphatic carboxylic acids is 1. The van der Waals surface area contributed by atoms with E-state index in [0.29, 0.717) is 25.3 Å². The number of amides is 2. The van der Waals surface area contributed by atoms with Crippen LogP contribution in [0.25, 0.3) is 5.57 Å². The van der Waals surface area contributed by atoms with Crippen molar-refractivity contribution in [3.05, 3.63) is 93.5 Å². The Morgan fingerprint density at radius 2 is 1.81 bits per heavy atom. The lowest BCUT2D eigenvalue weighted by Gasteiger charge is -2.26. The molecule has 8 nitrogen and oxygen atoms in total. The van der Waals surface area contributed by atoms with Gasteiger partial charge in [-0.1, -0.05) is 59.6 Å². The molecule has 0 spiro atoms. The lowest BCUT2D eigenvalue weighted by molar-refractivity contribution is -0.139. The molecule has 2 amide bonds. The highest BCUT2D eigenvalue weighted by molar-refractivity contribution is 6.39. The summed E-state index contributed by atoms with van der Waals surface area (Å²) in [7, 11) is 1.79. The van der Waals surface area contributed by atoms with Gasteiger partial charge in [0.15, 0.2) is 5.82 Å².